The zero-order chi connectivity index (χ0) is 33.5. The first-order chi connectivity index (χ1) is 25.3. The van der Waals surface area contributed by atoms with Crippen LogP contribution in [0.15, 0.2) is 167 Å². The van der Waals surface area contributed by atoms with Gasteiger partial charge in [-0.25, -0.2) is 15.0 Å². The Kier molecular flexibility index (Phi) is 5.86. The van der Waals surface area contributed by atoms with Crippen molar-refractivity contribution in [3.63, 3.8) is 0 Å². The summed E-state index contributed by atoms with van der Waals surface area (Å²) in [4.78, 5) is 15.2. The second-order valence-corrected chi connectivity index (χ2v) is 12.8. The highest BCUT2D eigenvalue weighted by molar-refractivity contribution is 6.22. The lowest BCUT2D eigenvalue weighted by Crippen LogP contribution is -2.00. The van der Waals surface area contributed by atoms with Gasteiger partial charge in [-0.15, -0.1) is 0 Å². The summed E-state index contributed by atoms with van der Waals surface area (Å²) in [5.41, 5.74) is 9.05. The van der Waals surface area contributed by atoms with Crippen LogP contribution in [0.5, 0.6) is 0 Å². The van der Waals surface area contributed by atoms with Crippen LogP contribution in [0.25, 0.3) is 106 Å². The molecule has 238 valence electrons. The van der Waals surface area contributed by atoms with E-state index >= 15 is 0 Å². The second kappa shape index (κ2) is 10.7. The van der Waals surface area contributed by atoms with E-state index in [1.165, 1.54) is 5.39 Å². The molecular formula is C45H26N4O2. The average molecular weight is 655 g/mol. The largest absolute Gasteiger partial charge is 0.456 e. The molecule has 0 N–H and O–H groups in total. The van der Waals surface area contributed by atoms with Gasteiger partial charge >= 0.3 is 0 Å². The molecule has 0 saturated carbocycles. The van der Waals surface area contributed by atoms with Gasteiger partial charge in [0.2, 0.25) is 0 Å². The minimum atomic E-state index is 0.542. The quantitative estimate of drug-likeness (QED) is 0.189. The number of aromatic nitrogens is 4. The van der Waals surface area contributed by atoms with Crippen molar-refractivity contribution in [2.24, 2.45) is 0 Å². The maximum absolute atomic E-state index is 7.00. The molecular weight excluding hydrogens is 629 g/mol. The van der Waals surface area contributed by atoms with Crippen LogP contribution in [-0.4, -0.2) is 19.5 Å². The molecule has 0 aliphatic rings. The number of hydrogen-bond acceptors (Lipinski definition) is 5. The third kappa shape index (κ3) is 4.20. The van der Waals surface area contributed by atoms with Crippen LogP contribution >= 0.6 is 0 Å². The van der Waals surface area contributed by atoms with Crippen LogP contribution in [0.2, 0.25) is 0 Å². The van der Waals surface area contributed by atoms with Crippen molar-refractivity contribution in [1.29, 1.82) is 0 Å². The SMILES string of the molecule is c1ccc(-c2nc(-c3ccc4oc5ccccc5c4c3)nc(-c3cccc4c3oc3c4ccc4c5ccccc5n(-c5ccccc5)c43)n2)cc1. The first-order valence-electron chi connectivity index (χ1n) is 16.9. The van der Waals surface area contributed by atoms with Gasteiger partial charge in [-0.1, -0.05) is 103 Å². The molecule has 0 amide bonds. The van der Waals surface area contributed by atoms with E-state index in [0.717, 1.165) is 82.7 Å². The van der Waals surface area contributed by atoms with E-state index in [4.69, 9.17) is 23.8 Å². The third-order valence-electron chi connectivity index (χ3n) is 9.86. The lowest BCUT2D eigenvalue weighted by Gasteiger charge is -2.09. The molecule has 0 atom stereocenters. The first kappa shape index (κ1) is 27.9. The van der Waals surface area contributed by atoms with Crippen LogP contribution in [0, 0.1) is 0 Å². The number of furan rings is 2. The van der Waals surface area contributed by atoms with Crippen molar-refractivity contribution < 1.29 is 8.83 Å². The molecule has 0 aliphatic carbocycles. The Bertz CT molecular complexity index is 3140. The van der Waals surface area contributed by atoms with Gasteiger partial charge in [0, 0.05) is 49.1 Å². The lowest BCUT2D eigenvalue weighted by atomic mass is 10.1. The van der Waals surface area contributed by atoms with Gasteiger partial charge in [0.1, 0.15) is 16.7 Å². The van der Waals surface area contributed by atoms with Crippen molar-refractivity contribution in [2.45, 2.75) is 0 Å². The lowest BCUT2D eigenvalue weighted by molar-refractivity contribution is 0.669. The van der Waals surface area contributed by atoms with Gasteiger partial charge in [0.25, 0.3) is 0 Å². The minimum Gasteiger partial charge on any atom is -0.456 e. The van der Waals surface area contributed by atoms with E-state index in [9.17, 15) is 0 Å². The zero-order valence-corrected chi connectivity index (χ0v) is 27.1. The molecule has 4 aromatic heterocycles. The van der Waals surface area contributed by atoms with Gasteiger partial charge in [0.15, 0.2) is 23.1 Å². The van der Waals surface area contributed by atoms with Crippen molar-refractivity contribution in [3.8, 4) is 39.9 Å². The van der Waals surface area contributed by atoms with E-state index in [1.54, 1.807) is 0 Å². The molecule has 6 nitrogen and oxygen atoms in total. The summed E-state index contributed by atoms with van der Waals surface area (Å²) >= 11 is 0. The molecule has 6 heteroatoms. The summed E-state index contributed by atoms with van der Waals surface area (Å²) in [6.45, 7) is 0. The number of para-hydroxylation sites is 4. The van der Waals surface area contributed by atoms with Gasteiger partial charge in [-0.3, -0.25) is 0 Å². The Hall–Kier alpha value is -7.05. The second-order valence-electron chi connectivity index (χ2n) is 12.8. The highest BCUT2D eigenvalue weighted by Gasteiger charge is 2.22. The smallest absolute Gasteiger partial charge is 0.167 e. The van der Waals surface area contributed by atoms with Crippen molar-refractivity contribution >= 4 is 65.7 Å². The van der Waals surface area contributed by atoms with E-state index in [0.29, 0.717) is 17.5 Å². The molecule has 4 heterocycles. The number of hydrogen-bond donors (Lipinski definition) is 0. The fourth-order valence-electron chi connectivity index (χ4n) is 7.53. The van der Waals surface area contributed by atoms with Crippen LogP contribution in [0.1, 0.15) is 0 Å². The number of rotatable bonds is 4. The molecule has 0 aliphatic heterocycles. The van der Waals surface area contributed by atoms with Gasteiger partial charge in [-0.05, 0) is 54.6 Å². The molecule has 0 bridgehead atoms. The maximum atomic E-state index is 7.00. The van der Waals surface area contributed by atoms with Gasteiger partial charge < -0.3 is 13.4 Å². The highest BCUT2D eigenvalue weighted by atomic mass is 16.3. The van der Waals surface area contributed by atoms with Gasteiger partial charge in [0.05, 0.1) is 16.6 Å². The van der Waals surface area contributed by atoms with E-state index in [2.05, 4.69) is 89.5 Å². The number of benzene rings is 7. The van der Waals surface area contributed by atoms with Crippen molar-refractivity contribution in [1.82, 2.24) is 19.5 Å². The highest BCUT2D eigenvalue weighted by Crippen LogP contribution is 2.42. The molecule has 51 heavy (non-hydrogen) atoms. The van der Waals surface area contributed by atoms with Crippen LogP contribution in [-0.2, 0) is 0 Å². The monoisotopic (exact) mass is 654 g/mol. The maximum Gasteiger partial charge on any atom is 0.167 e. The molecule has 0 radical (unpaired) electrons. The summed E-state index contributed by atoms with van der Waals surface area (Å²) in [5.74, 6) is 1.71. The van der Waals surface area contributed by atoms with Crippen LogP contribution in [0.4, 0.5) is 0 Å². The third-order valence-corrected chi connectivity index (χ3v) is 9.86. The minimum absolute atomic E-state index is 0.542. The fraction of sp³-hybridized carbons (Fsp3) is 0. The molecule has 11 aromatic rings. The Morgan fingerprint density at radius 3 is 1.90 bits per heavy atom. The van der Waals surface area contributed by atoms with Crippen molar-refractivity contribution in [3.05, 3.63) is 158 Å². The summed E-state index contributed by atoms with van der Waals surface area (Å²) in [6, 6.07) is 53.8. The molecule has 7 aromatic carbocycles. The molecule has 0 fully saturated rings. The van der Waals surface area contributed by atoms with E-state index in [1.807, 2.05) is 72.8 Å². The van der Waals surface area contributed by atoms with Crippen molar-refractivity contribution in [2.75, 3.05) is 0 Å². The molecule has 11 rings (SSSR count). The predicted octanol–water partition coefficient (Wildman–Crippen LogP) is 11.8. The summed E-state index contributed by atoms with van der Waals surface area (Å²) in [7, 11) is 0. The average Bonchev–Trinajstić information content (AvgIpc) is 3.88. The summed E-state index contributed by atoms with van der Waals surface area (Å²) in [5, 5.41) is 6.43. The van der Waals surface area contributed by atoms with Gasteiger partial charge in [-0.2, -0.15) is 0 Å². The Balaban J connectivity index is 1.18. The van der Waals surface area contributed by atoms with Crippen LogP contribution < -0.4 is 0 Å². The van der Waals surface area contributed by atoms with E-state index < -0.39 is 0 Å². The molecule has 0 unspecified atom stereocenters. The molecule has 0 spiro atoms. The number of fused-ring (bicyclic) bond motifs is 10. The topological polar surface area (TPSA) is 69.9 Å². The Morgan fingerprint density at radius 1 is 0.392 bits per heavy atom. The Morgan fingerprint density at radius 2 is 1.04 bits per heavy atom. The summed E-state index contributed by atoms with van der Waals surface area (Å²) < 4.78 is 15.4. The fourth-order valence-corrected chi connectivity index (χ4v) is 7.53. The normalized spacial score (nSPS) is 11.9. The molecule has 0 saturated heterocycles. The predicted molar refractivity (Wildman–Crippen MR) is 205 cm³/mol. The summed E-state index contributed by atoms with van der Waals surface area (Å²) in [6.07, 6.45) is 0. The zero-order valence-electron chi connectivity index (χ0n) is 27.1. The first-order valence-corrected chi connectivity index (χ1v) is 16.9. The number of nitrogens with zero attached hydrogens (tertiary/aromatic N) is 4. The Labute approximate surface area is 290 Å². The van der Waals surface area contributed by atoms with Crippen LogP contribution in [0.3, 0.4) is 0 Å². The standard InChI is InChI=1S/C45H26N4O2/c1-3-12-27(13-4-1)43-46-44(28-22-25-39-36(26-28)31-17-8-10-21-38(31)50-39)48-45(47-43)35-19-11-18-33-34-24-23-32-30-16-7-9-20-37(30)49(29-14-5-2-6-15-29)40(32)42(34)51-41(33)35/h1-26H. The van der Waals surface area contributed by atoms with E-state index in [-0.39, 0.29) is 0 Å².